The van der Waals surface area contributed by atoms with E-state index in [0.29, 0.717) is 5.13 Å². The number of hydrogen-bond acceptors (Lipinski definition) is 5. The molecule has 0 atom stereocenters. The van der Waals surface area contributed by atoms with Crippen LogP contribution in [-0.4, -0.2) is 17.1 Å². The number of carbonyl (C=O) groups excluding carboxylic acids is 1. The van der Waals surface area contributed by atoms with E-state index in [2.05, 4.69) is 16.4 Å². The predicted molar refractivity (Wildman–Crippen MR) is 115 cm³/mol. The van der Waals surface area contributed by atoms with Gasteiger partial charge in [0, 0.05) is 16.0 Å². The zero-order chi connectivity index (χ0) is 19.1. The van der Waals surface area contributed by atoms with Gasteiger partial charge in [-0.25, -0.2) is 4.98 Å². The standard InChI is InChI=1S/C22H16N2O2S2/c1-27-13-10-11-16-19(12-13)28-22(23-16)24-21(25)20-14-6-2-4-8-17(14)26-18-9-5-3-7-15(18)20/h2-12,20H,1H3,(H,23,24,25). The van der Waals surface area contributed by atoms with Gasteiger partial charge in [-0.05, 0) is 36.6 Å². The summed E-state index contributed by atoms with van der Waals surface area (Å²) >= 11 is 3.19. The number of anilines is 1. The van der Waals surface area contributed by atoms with Crippen LogP contribution in [0.4, 0.5) is 5.13 Å². The third-order valence-electron chi connectivity index (χ3n) is 4.77. The molecule has 0 radical (unpaired) electrons. The summed E-state index contributed by atoms with van der Waals surface area (Å²) < 4.78 is 7.05. The van der Waals surface area contributed by atoms with Crippen molar-refractivity contribution < 1.29 is 9.53 Å². The molecule has 1 aliphatic heterocycles. The Morgan fingerprint density at radius 2 is 1.71 bits per heavy atom. The van der Waals surface area contributed by atoms with E-state index in [9.17, 15) is 4.79 Å². The van der Waals surface area contributed by atoms with Crippen LogP contribution in [0.1, 0.15) is 17.0 Å². The molecule has 1 N–H and O–H groups in total. The fourth-order valence-corrected chi connectivity index (χ4v) is 4.88. The van der Waals surface area contributed by atoms with Crippen molar-refractivity contribution in [2.24, 2.45) is 0 Å². The minimum Gasteiger partial charge on any atom is -0.457 e. The minimum absolute atomic E-state index is 0.104. The van der Waals surface area contributed by atoms with Crippen molar-refractivity contribution in [3.63, 3.8) is 0 Å². The molecule has 3 aromatic carbocycles. The largest absolute Gasteiger partial charge is 0.457 e. The fourth-order valence-electron chi connectivity index (χ4n) is 3.46. The van der Waals surface area contributed by atoms with Crippen LogP contribution in [0.15, 0.2) is 71.6 Å². The van der Waals surface area contributed by atoms with Gasteiger partial charge in [0.1, 0.15) is 11.5 Å². The molecule has 2 heterocycles. The molecular formula is C22H16N2O2S2. The number of ether oxygens (including phenoxy) is 1. The first-order valence-corrected chi connectivity index (χ1v) is 10.9. The van der Waals surface area contributed by atoms with Crippen molar-refractivity contribution in [3.05, 3.63) is 77.9 Å². The van der Waals surface area contributed by atoms with Crippen molar-refractivity contribution in [3.8, 4) is 11.5 Å². The van der Waals surface area contributed by atoms with E-state index in [4.69, 9.17) is 4.74 Å². The molecule has 6 heteroatoms. The Labute approximate surface area is 170 Å². The number of thiazole rings is 1. The molecule has 1 amide bonds. The monoisotopic (exact) mass is 404 g/mol. The summed E-state index contributed by atoms with van der Waals surface area (Å²) in [5.41, 5.74) is 2.62. The number of para-hydroxylation sites is 2. The molecule has 4 nitrogen and oxygen atoms in total. The molecule has 5 rings (SSSR count). The van der Waals surface area contributed by atoms with E-state index >= 15 is 0 Å². The molecule has 0 fully saturated rings. The summed E-state index contributed by atoms with van der Waals surface area (Å²) in [5.74, 6) is 0.896. The number of nitrogens with one attached hydrogen (secondary N) is 1. The smallest absolute Gasteiger partial charge is 0.238 e. The van der Waals surface area contributed by atoms with Gasteiger partial charge in [-0.15, -0.1) is 11.8 Å². The van der Waals surface area contributed by atoms with E-state index in [-0.39, 0.29) is 5.91 Å². The summed E-state index contributed by atoms with van der Waals surface area (Å²) in [4.78, 5) is 19.1. The highest BCUT2D eigenvalue weighted by atomic mass is 32.2. The average Bonchev–Trinajstić information content (AvgIpc) is 3.12. The highest BCUT2D eigenvalue weighted by Gasteiger charge is 2.32. The first kappa shape index (κ1) is 17.3. The Kier molecular flexibility index (Phi) is 4.30. The topological polar surface area (TPSA) is 51.2 Å². The lowest BCUT2D eigenvalue weighted by Gasteiger charge is -2.27. The fraction of sp³-hybridized carbons (Fsp3) is 0.0909. The first-order valence-electron chi connectivity index (χ1n) is 8.84. The molecule has 0 saturated heterocycles. The second kappa shape index (κ2) is 6.96. The third kappa shape index (κ3) is 2.95. The van der Waals surface area contributed by atoms with E-state index in [1.54, 1.807) is 11.8 Å². The Bertz CT molecular complexity index is 1160. The minimum atomic E-state index is -0.435. The van der Waals surface area contributed by atoms with Crippen LogP contribution in [0.2, 0.25) is 0 Å². The Morgan fingerprint density at radius 3 is 2.39 bits per heavy atom. The molecule has 0 saturated carbocycles. The summed E-state index contributed by atoms with van der Waals surface area (Å²) in [6.07, 6.45) is 2.05. The van der Waals surface area contributed by atoms with Gasteiger partial charge in [-0.1, -0.05) is 47.7 Å². The maximum Gasteiger partial charge on any atom is 0.238 e. The number of carbonyl (C=O) groups is 1. The second-order valence-corrected chi connectivity index (χ2v) is 8.36. The summed E-state index contributed by atoms with van der Waals surface area (Å²) in [6.45, 7) is 0. The van der Waals surface area contributed by atoms with Gasteiger partial charge in [-0.3, -0.25) is 4.79 Å². The number of thioether (sulfide) groups is 1. The third-order valence-corrected chi connectivity index (χ3v) is 6.43. The van der Waals surface area contributed by atoms with Crippen LogP contribution in [-0.2, 0) is 4.79 Å². The van der Waals surface area contributed by atoms with Gasteiger partial charge in [0.25, 0.3) is 0 Å². The van der Waals surface area contributed by atoms with Gasteiger partial charge in [0.05, 0.1) is 16.1 Å². The number of nitrogens with zero attached hydrogens (tertiary/aromatic N) is 1. The Hall–Kier alpha value is -2.83. The molecule has 4 aromatic rings. The van der Waals surface area contributed by atoms with Crippen molar-refractivity contribution in [1.29, 1.82) is 0 Å². The van der Waals surface area contributed by atoms with Crippen LogP contribution in [0, 0.1) is 0 Å². The van der Waals surface area contributed by atoms with E-state index in [1.165, 1.54) is 16.2 Å². The number of hydrogen-bond donors (Lipinski definition) is 1. The number of fused-ring (bicyclic) bond motifs is 3. The molecule has 0 bridgehead atoms. The van der Waals surface area contributed by atoms with E-state index in [1.807, 2.05) is 66.9 Å². The summed E-state index contributed by atoms with van der Waals surface area (Å²) in [6, 6.07) is 21.5. The molecule has 28 heavy (non-hydrogen) atoms. The van der Waals surface area contributed by atoms with Crippen LogP contribution in [0.5, 0.6) is 11.5 Å². The van der Waals surface area contributed by atoms with Crippen LogP contribution in [0.3, 0.4) is 0 Å². The number of aromatic nitrogens is 1. The maximum atomic E-state index is 13.3. The molecule has 1 aliphatic rings. The van der Waals surface area contributed by atoms with Crippen molar-refractivity contribution in [2.75, 3.05) is 11.6 Å². The van der Waals surface area contributed by atoms with Crippen molar-refractivity contribution >= 4 is 44.4 Å². The van der Waals surface area contributed by atoms with E-state index < -0.39 is 5.92 Å². The Balaban J connectivity index is 1.52. The van der Waals surface area contributed by atoms with Crippen molar-refractivity contribution in [2.45, 2.75) is 10.8 Å². The zero-order valence-electron chi connectivity index (χ0n) is 15.0. The highest BCUT2D eigenvalue weighted by molar-refractivity contribution is 7.98. The van der Waals surface area contributed by atoms with Gasteiger partial charge in [0.15, 0.2) is 5.13 Å². The van der Waals surface area contributed by atoms with Crippen LogP contribution in [0.25, 0.3) is 10.2 Å². The SMILES string of the molecule is CSc1ccc2nc(NC(=O)C3c4ccccc4Oc4ccccc43)sc2c1. The molecule has 0 aliphatic carbocycles. The maximum absolute atomic E-state index is 13.3. The van der Waals surface area contributed by atoms with Gasteiger partial charge >= 0.3 is 0 Å². The average molecular weight is 405 g/mol. The lowest BCUT2D eigenvalue weighted by Crippen LogP contribution is -2.24. The molecular weight excluding hydrogens is 388 g/mol. The summed E-state index contributed by atoms with van der Waals surface area (Å²) in [5, 5.41) is 3.64. The predicted octanol–water partition coefficient (Wildman–Crippen LogP) is 5.89. The summed E-state index contributed by atoms with van der Waals surface area (Å²) in [7, 11) is 0. The van der Waals surface area contributed by atoms with Gasteiger partial charge in [0.2, 0.25) is 5.91 Å². The molecule has 138 valence electrons. The van der Waals surface area contributed by atoms with Gasteiger partial charge in [-0.2, -0.15) is 0 Å². The first-order chi connectivity index (χ1) is 13.7. The van der Waals surface area contributed by atoms with Crippen LogP contribution >= 0.6 is 23.1 Å². The zero-order valence-corrected chi connectivity index (χ0v) is 16.6. The normalized spacial score (nSPS) is 12.9. The Morgan fingerprint density at radius 1 is 1.04 bits per heavy atom. The lowest BCUT2D eigenvalue weighted by molar-refractivity contribution is -0.116. The van der Waals surface area contributed by atoms with Crippen LogP contribution < -0.4 is 10.1 Å². The number of benzene rings is 3. The molecule has 0 spiro atoms. The number of rotatable bonds is 3. The number of amides is 1. The highest BCUT2D eigenvalue weighted by Crippen LogP contribution is 2.44. The quantitative estimate of drug-likeness (QED) is 0.432. The van der Waals surface area contributed by atoms with Crippen molar-refractivity contribution in [1.82, 2.24) is 4.98 Å². The van der Waals surface area contributed by atoms with Gasteiger partial charge < -0.3 is 10.1 Å². The van der Waals surface area contributed by atoms with E-state index in [0.717, 1.165) is 32.8 Å². The molecule has 0 unspecified atom stereocenters. The molecule has 1 aromatic heterocycles. The lowest BCUT2D eigenvalue weighted by atomic mass is 9.87. The second-order valence-electron chi connectivity index (χ2n) is 6.45.